The van der Waals surface area contributed by atoms with Crippen molar-refractivity contribution in [3.63, 3.8) is 0 Å². The lowest BCUT2D eigenvalue weighted by Crippen LogP contribution is -2.51. The monoisotopic (exact) mass is 351 g/mol. The van der Waals surface area contributed by atoms with E-state index < -0.39 is 0 Å². The van der Waals surface area contributed by atoms with Crippen molar-refractivity contribution in [3.8, 4) is 5.75 Å². The predicted octanol–water partition coefficient (Wildman–Crippen LogP) is 4.03. The number of phenolic OH excluding ortho intramolecular Hbond substituents is 1. The summed E-state index contributed by atoms with van der Waals surface area (Å²) >= 11 is 0. The number of aryl methyl sites for hydroxylation is 1. The topological polar surface area (TPSA) is 65.5 Å². The minimum Gasteiger partial charge on any atom is -0.508 e. The van der Waals surface area contributed by atoms with Crippen LogP contribution in [0, 0.1) is 18.8 Å². The Morgan fingerprint density at radius 1 is 1.27 bits per heavy atom. The quantitative estimate of drug-likeness (QED) is 0.876. The standard InChI is InChI=1S/C21H25N3O2/c1-12-5-4-6-19(22-12)23-20-13(2)21(15-7-8-15)24(14(3)25)18-11-16(26)9-10-17(18)20/h4-6,9-11,13,15,20-21,26H,7-8H2,1-3H3,(H,22,23)/t13-,20?,21?/m1/s1. The molecule has 2 unspecified atom stereocenters. The molecule has 5 heteroatoms. The van der Waals surface area contributed by atoms with Gasteiger partial charge >= 0.3 is 0 Å². The molecule has 136 valence electrons. The summed E-state index contributed by atoms with van der Waals surface area (Å²) in [4.78, 5) is 19.0. The molecule has 3 atom stereocenters. The van der Waals surface area contributed by atoms with Crippen molar-refractivity contribution in [3.05, 3.63) is 47.7 Å². The number of nitrogens with zero attached hydrogens (tertiary/aromatic N) is 2. The third-order valence-electron chi connectivity index (χ3n) is 5.61. The number of pyridine rings is 1. The summed E-state index contributed by atoms with van der Waals surface area (Å²) in [5, 5.41) is 13.6. The zero-order valence-electron chi connectivity index (χ0n) is 15.4. The van der Waals surface area contributed by atoms with Crippen LogP contribution in [0.4, 0.5) is 11.5 Å². The third kappa shape index (κ3) is 2.91. The number of carbonyl (C=O) groups excluding carboxylic acids is 1. The van der Waals surface area contributed by atoms with E-state index in [-0.39, 0.29) is 29.7 Å². The lowest BCUT2D eigenvalue weighted by molar-refractivity contribution is -0.117. The number of benzene rings is 1. The second-order valence-corrected chi connectivity index (χ2v) is 7.61. The second-order valence-electron chi connectivity index (χ2n) is 7.61. The van der Waals surface area contributed by atoms with Gasteiger partial charge in [-0.15, -0.1) is 0 Å². The highest BCUT2D eigenvalue weighted by molar-refractivity contribution is 5.94. The van der Waals surface area contributed by atoms with Crippen LogP contribution >= 0.6 is 0 Å². The van der Waals surface area contributed by atoms with Gasteiger partial charge in [-0.1, -0.05) is 19.1 Å². The van der Waals surface area contributed by atoms with Crippen LogP contribution in [0.2, 0.25) is 0 Å². The molecule has 1 aliphatic carbocycles. The van der Waals surface area contributed by atoms with Gasteiger partial charge in [-0.3, -0.25) is 4.79 Å². The molecule has 0 radical (unpaired) electrons. The van der Waals surface area contributed by atoms with E-state index in [9.17, 15) is 9.90 Å². The lowest BCUT2D eigenvalue weighted by atomic mass is 9.80. The van der Waals surface area contributed by atoms with Crippen LogP contribution in [-0.2, 0) is 4.79 Å². The molecule has 1 saturated carbocycles. The van der Waals surface area contributed by atoms with E-state index in [1.54, 1.807) is 19.1 Å². The Balaban J connectivity index is 1.80. The third-order valence-corrected chi connectivity index (χ3v) is 5.61. The first kappa shape index (κ1) is 16.9. The average molecular weight is 351 g/mol. The van der Waals surface area contributed by atoms with Crippen molar-refractivity contribution in [2.24, 2.45) is 11.8 Å². The molecule has 2 N–H and O–H groups in total. The van der Waals surface area contributed by atoms with E-state index in [4.69, 9.17) is 0 Å². The van der Waals surface area contributed by atoms with E-state index >= 15 is 0 Å². The summed E-state index contributed by atoms with van der Waals surface area (Å²) in [5.41, 5.74) is 2.82. The molecule has 1 aromatic heterocycles. The van der Waals surface area contributed by atoms with Gasteiger partial charge in [-0.05, 0) is 49.4 Å². The van der Waals surface area contributed by atoms with Gasteiger partial charge in [0.2, 0.25) is 5.91 Å². The van der Waals surface area contributed by atoms with Crippen molar-refractivity contribution in [2.75, 3.05) is 10.2 Å². The van der Waals surface area contributed by atoms with Crippen LogP contribution in [0.5, 0.6) is 5.75 Å². The molecular formula is C21H25N3O2. The number of aromatic hydroxyl groups is 1. The highest BCUT2D eigenvalue weighted by Crippen LogP contribution is 2.50. The number of rotatable bonds is 3. The summed E-state index contributed by atoms with van der Waals surface area (Å²) in [6, 6.07) is 11.5. The molecule has 2 aromatic rings. The zero-order chi connectivity index (χ0) is 18.4. The van der Waals surface area contributed by atoms with Crippen LogP contribution in [0.15, 0.2) is 36.4 Å². The Kier molecular flexibility index (Phi) is 4.10. The number of carbonyl (C=O) groups is 1. The first-order chi connectivity index (χ1) is 12.5. The number of fused-ring (bicyclic) bond motifs is 1. The van der Waals surface area contributed by atoms with Gasteiger partial charge < -0.3 is 15.3 Å². The Hall–Kier alpha value is -2.56. The van der Waals surface area contributed by atoms with E-state index in [2.05, 4.69) is 17.2 Å². The number of amides is 1. The largest absolute Gasteiger partial charge is 0.508 e. The fourth-order valence-electron chi connectivity index (χ4n) is 4.33. The van der Waals surface area contributed by atoms with Gasteiger partial charge in [0.15, 0.2) is 0 Å². The average Bonchev–Trinajstić information content (AvgIpc) is 3.41. The molecule has 1 aromatic carbocycles. The normalized spacial score (nSPS) is 24.9. The molecule has 1 aliphatic heterocycles. The number of aromatic nitrogens is 1. The van der Waals surface area contributed by atoms with Crippen LogP contribution < -0.4 is 10.2 Å². The van der Waals surface area contributed by atoms with Crippen molar-refractivity contribution in [2.45, 2.75) is 45.7 Å². The first-order valence-corrected chi connectivity index (χ1v) is 9.28. The second kappa shape index (κ2) is 6.31. The van der Waals surface area contributed by atoms with E-state index in [1.165, 1.54) is 0 Å². The van der Waals surface area contributed by atoms with Crippen LogP contribution in [0.25, 0.3) is 0 Å². The van der Waals surface area contributed by atoms with Crippen molar-refractivity contribution in [1.29, 1.82) is 0 Å². The molecule has 4 rings (SSSR count). The minimum absolute atomic E-state index is 0.0349. The van der Waals surface area contributed by atoms with E-state index in [1.807, 2.05) is 36.1 Å². The highest BCUT2D eigenvalue weighted by Gasteiger charge is 2.47. The molecule has 5 nitrogen and oxygen atoms in total. The SMILES string of the molecule is CC(=O)N1c2cc(O)ccc2C(Nc2cccc(C)n2)[C@@H](C)C1C1CC1. The fraction of sp³-hybridized carbons (Fsp3) is 0.429. The van der Waals surface area contributed by atoms with E-state index in [0.29, 0.717) is 5.92 Å². The van der Waals surface area contributed by atoms with Crippen LogP contribution in [0.1, 0.15) is 44.0 Å². The van der Waals surface area contributed by atoms with Crippen molar-refractivity contribution in [1.82, 2.24) is 4.98 Å². The molecule has 0 bridgehead atoms. The number of nitrogens with one attached hydrogen (secondary N) is 1. The summed E-state index contributed by atoms with van der Waals surface area (Å²) in [7, 11) is 0. The van der Waals surface area contributed by atoms with Crippen LogP contribution in [-0.4, -0.2) is 22.0 Å². The molecule has 1 fully saturated rings. The van der Waals surface area contributed by atoms with Crippen molar-refractivity contribution >= 4 is 17.4 Å². The minimum atomic E-state index is 0.0349. The van der Waals surface area contributed by atoms with Gasteiger partial charge in [-0.25, -0.2) is 4.98 Å². The van der Waals surface area contributed by atoms with Gasteiger partial charge in [0.05, 0.1) is 11.7 Å². The maximum atomic E-state index is 12.5. The Morgan fingerprint density at radius 2 is 2.04 bits per heavy atom. The fourth-order valence-corrected chi connectivity index (χ4v) is 4.33. The Bertz CT molecular complexity index is 847. The zero-order valence-corrected chi connectivity index (χ0v) is 15.4. The number of hydrogen-bond acceptors (Lipinski definition) is 4. The lowest BCUT2D eigenvalue weighted by Gasteiger charge is -2.45. The molecule has 2 heterocycles. The predicted molar refractivity (Wildman–Crippen MR) is 102 cm³/mol. The molecule has 1 amide bonds. The molecular weight excluding hydrogens is 326 g/mol. The smallest absolute Gasteiger partial charge is 0.224 e. The molecule has 0 spiro atoms. The van der Waals surface area contributed by atoms with Crippen molar-refractivity contribution < 1.29 is 9.90 Å². The van der Waals surface area contributed by atoms with Gasteiger partial charge in [-0.2, -0.15) is 0 Å². The number of anilines is 2. The molecule has 2 aliphatic rings. The van der Waals surface area contributed by atoms with Gasteiger partial charge in [0, 0.05) is 30.6 Å². The maximum absolute atomic E-state index is 12.5. The summed E-state index contributed by atoms with van der Waals surface area (Å²) < 4.78 is 0. The highest BCUT2D eigenvalue weighted by atomic mass is 16.3. The first-order valence-electron chi connectivity index (χ1n) is 9.28. The summed E-state index contributed by atoms with van der Waals surface area (Å²) in [5.74, 6) is 1.83. The maximum Gasteiger partial charge on any atom is 0.224 e. The van der Waals surface area contributed by atoms with Gasteiger partial charge in [0.25, 0.3) is 0 Å². The molecule has 26 heavy (non-hydrogen) atoms. The van der Waals surface area contributed by atoms with E-state index in [0.717, 1.165) is 35.6 Å². The number of hydrogen-bond donors (Lipinski definition) is 2. The summed E-state index contributed by atoms with van der Waals surface area (Å²) in [6.07, 6.45) is 2.31. The summed E-state index contributed by atoms with van der Waals surface area (Å²) in [6.45, 7) is 5.81. The van der Waals surface area contributed by atoms with Crippen LogP contribution in [0.3, 0.4) is 0 Å². The Morgan fingerprint density at radius 3 is 2.69 bits per heavy atom. The molecule has 0 saturated heterocycles. The number of phenols is 1. The van der Waals surface area contributed by atoms with Gasteiger partial charge in [0.1, 0.15) is 11.6 Å². The Labute approximate surface area is 154 Å².